The van der Waals surface area contributed by atoms with Gasteiger partial charge in [-0.15, -0.1) is 0 Å². The summed E-state index contributed by atoms with van der Waals surface area (Å²) in [5.41, 5.74) is 1.06. The Morgan fingerprint density at radius 3 is 2.48 bits per heavy atom. The molecule has 1 atom stereocenters. The maximum absolute atomic E-state index is 14.5. The molecule has 1 aliphatic heterocycles. The lowest BCUT2D eigenvalue weighted by Crippen LogP contribution is -2.31. The zero-order valence-electron chi connectivity index (χ0n) is 15.1. The number of thiocarbonyl (C=S) groups is 1. The highest BCUT2D eigenvalue weighted by atomic mass is 32.1. The molecule has 0 aromatic heterocycles. The van der Waals surface area contributed by atoms with Gasteiger partial charge in [0.05, 0.1) is 10.6 Å². The molecule has 0 aliphatic carbocycles. The Balaban J connectivity index is 2.42. The zero-order chi connectivity index (χ0) is 20.1. The van der Waals surface area contributed by atoms with Crippen LogP contribution in [-0.2, 0) is 14.3 Å². The minimum Gasteiger partial charge on any atom is -0.479 e. The molecule has 0 fully saturated rings. The largest absolute Gasteiger partial charge is 0.479 e. The monoisotopic (exact) mass is 394 g/mol. The maximum atomic E-state index is 14.5. The van der Waals surface area contributed by atoms with Crippen molar-refractivity contribution in [3.63, 3.8) is 0 Å². The molecule has 0 saturated carbocycles. The number of benzene rings is 1. The smallest absolute Gasteiger partial charge is 0.302 e. The van der Waals surface area contributed by atoms with Crippen molar-refractivity contribution >= 4 is 23.2 Å². The first-order chi connectivity index (χ1) is 12.7. The average Bonchev–Trinajstić information content (AvgIpc) is 2.57. The Kier molecular flexibility index (Phi) is 6.62. The van der Waals surface area contributed by atoms with E-state index in [2.05, 4.69) is 5.32 Å². The highest BCUT2D eigenvalue weighted by molar-refractivity contribution is 7.80. The van der Waals surface area contributed by atoms with Crippen LogP contribution in [0.5, 0.6) is 0 Å². The lowest BCUT2D eigenvalue weighted by atomic mass is 9.84. The van der Waals surface area contributed by atoms with Gasteiger partial charge in [-0.25, -0.2) is 4.39 Å². The molecule has 1 aromatic rings. The molecule has 1 unspecified atom stereocenters. The van der Waals surface area contributed by atoms with E-state index < -0.39 is 22.6 Å². The van der Waals surface area contributed by atoms with Gasteiger partial charge in [-0.3, -0.25) is 14.9 Å². The van der Waals surface area contributed by atoms with Crippen LogP contribution in [0.4, 0.5) is 4.39 Å². The first kappa shape index (κ1) is 20.5. The van der Waals surface area contributed by atoms with Crippen LogP contribution in [-0.4, -0.2) is 29.2 Å². The van der Waals surface area contributed by atoms with Gasteiger partial charge >= 0.3 is 5.97 Å². The quantitative estimate of drug-likeness (QED) is 0.260. The third kappa shape index (κ3) is 4.68. The summed E-state index contributed by atoms with van der Waals surface area (Å²) in [6, 6.07) is 5.83. The average molecular weight is 394 g/mol. The van der Waals surface area contributed by atoms with Crippen molar-refractivity contribution in [1.29, 1.82) is 0 Å². The summed E-state index contributed by atoms with van der Waals surface area (Å²) in [5, 5.41) is 14.6. The van der Waals surface area contributed by atoms with E-state index in [4.69, 9.17) is 21.7 Å². The Hall–Kier alpha value is -2.81. The van der Waals surface area contributed by atoms with Gasteiger partial charge in [0.1, 0.15) is 24.9 Å². The van der Waals surface area contributed by atoms with E-state index in [1.165, 1.54) is 25.1 Å². The number of carbonyl (C=O) groups is 1. The molecule has 1 N–H and O–H groups in total. The van der Waals surface area contributed by atoms with Gasteiger partial charge in [0.15, 0.2) is 5.05 Å². The van der Waals surface area contributed by atoms with E-state index in [-0.39, 0.29) is 29.5 Å². The van der Waals surface area contributed by atoms with Gasteiger partial charge in [0, 0.05) is 23.8 Å². The Morgan fingerprint density at radius 1 is 1.26 bits per heavy atom. The second-order valence-electron chi connectivity index (χ2n) is 5.86. The first-order valence-corrected chi connectivity index (χ1v) is 8.52. The van der Waals surface area contributed by atoms with E-state index in [9.17, 15) is 19.3 Å². The number of nitrogens with zero attached hydrogens (tertiary/aromatic N) is 1. The molecule has 0 spiro atoms. The van der Waals surface area contributed by atoms with E-state index >= 15 is 0 Å². The fourth-order valence-corrected chi connectivity index (χ4v) is 3.26. The van der Waals surface area contributed by atoms with Crippen molar-refractivity contribution in [2.75, 3.05) is 13.2 Å². The number of esters is 1. The second kappa shape index (κ2) is 8.72. The highest BCUT2D eigenvalue weighted by Crippen LogP contribution is 2.40. The fourth-order valence-electron chi connectivity index (χ4n) is 2.91. The third-order valence-electron chi connectivity index (χ3n) is 3.98. The lowest BCUT2D eigenvalue weighted by molar-refractivity contribution is -0.431. The standard InChI is InChI=1S/C18H19FN2O5S/c1-10-15(18(27)26-9-8-25-12(3)22)16(13-6-4-5-7-14(13)19)17(21(23)24)11(2)20-10/h4-7,16,20H,8-9H2,1-3H3. The van der Waals surface area contributed by atoms with Crippen molar-refractivity contribution in [3.05, 3.63) is 68.4 Å². The van der Waals surface area contributed by atoms with Crippen molar-refractivity contribution < 1.29 is 23.6 Å². The van der Waals surface area contributed by atoms with Gasteiger partial charge in [-0.2, -0.15) is 0 Å². The number of dihydropyridines is 1. The van der Waals surface area contributed by atoms with Gasteiger partial charge in [0.25, 0.3) is 5.70 Å². The number of halogens is 1. The number of nitrogens with one attached hydrogen (secondary N) is 1. The summed E-state index contributed by atoms with van der Waals surface area (Å²) in [7, 11) is 0. The number of nitro groups is 1. The second-order valence-corrected chi connectivity index (χ2v) is 6.23. The molecule has 1 aliphatic rings. The summed E-state index contributed by atoms with van der Waals surface area (Å²) in [5.74, 6) is -2.06. The molecular weight excluding hydrogens is 375 g/mol. The maximum Gasteiger partial charge on any atom is 0.302 e. The van der Waals surface area contributed by atoms with Crippen LogP contribution < -0.4 is 5.32 Å². The van der Waals surface area contributed by atoms with Gasteiger partial charge < -0.3 is 14.8 Å². The third-order valence-corrected chi connectivity index (χ3v) is 4.32. The number of hydrogen-bond acceptors (Lipinski definition) is 7. The fraction of sp³-hybridized carbons (Fsp3) is 0.333. The van der Waals surface area contributed by atoms with Crippen LogP contribution in [0, 0.1) is 15.9 Å². The number of hydrogen-bond donors (Lipinski definition) is 1. The van der Waals surface area contributed by atoms with Crippen LogP contribution in [0.25, 0.3) is 0 Å². The van der Waals surface area contributed by atoms with Crippen LogP contribution >= 0.6 is 12.2 Å². The van der Waals surface area contributed by atoms with Gasteiger partial charge in [0.2, 0.25) is 0 Å². The molecule has 9 heteroatoms. The van der Waals surface area contributed by atoms with Crippen molar-refractivity contribution in [1.82, 2.24) is 5.32 Å². The Bertz CT molecular complexity index is 850. The van der Waals surface area contributed by atoms with Crippen LogP contribution in [0.1, 0.15) is 32.3 Å². The van der Waals surface area contributed by atoms with Crippen LogP contribution in [0.15, 0.2) is 46.9 Å². The number of carbonyl (C=O) groups excluding carboxylic acids is 1. The van der Waals surface area contributed by atoms with Crippen molar-refractivity contribution in [2.24, 2.45) is 0 Å². The molecule has 2 rings (SSSR count). The number of ether oxygens (including phenoxy) is 2. The first-order valence-electron chi connectivity index (χ1n) is 8.11. The number of allylic oxidation sites excluding steroid dienone is 3. The van der Waals surface area contributed by atoms with Crippen molar-refractivity contribution in [2.45, 2.75) is 26.7 Å². The summed E-state index contributed by atoms with van der Waals surface area (Å²) >= 11 is 5.30. The van der Waals surface area contributed by atoms with Crippen molar-refractivity contribution in [3.8, 4) is 0 Å². The SMILES string of the molecule is CC(=O)OCCOC(=S)C1=C(C)NC(C)=C([N+](=O)[O-])C1c1ccccc1F. The molecule has 0 radical (unpaired) electrons. The van der Waals surface area contributed by atoms with Crippen LogP contribution in [0.2, 0.25) is 0 Å². The van der Waals surface area contributed by atoms with E-state index in [0.717, 1.165) is 0 Å². The molecule has 1 aromatic carbocycles. The number of rotatable bonds is 6. The predicted molar refractivity (Wildman–Crippen MR) is 99.9 cm³/mol. The molecule has 27 heavy (non-hydrogen) atoms. The summed E-state index contributed by atoms with van der Waals surface area (Å²) < 4.78 is 24.7. The summed E-state index contributed by atoms with van der Waals surface area (Å²) in [6.45, 7) is 4.47. The Morgan fingerprint density at radius 2 is 1.89 bits per heavy atom. The summed E-state index contributed by atoms with van der Waals surface area (Å²) in [4.78, 5) is 22.0. The molecule has 144 valence electrons. The topological polar surface area (TPSA) is 90.7 Å². The molecule has 0 amide bonds. The molecule has 1 heterocycles. The van der Waals surface area contributed by atoms with Crippen LogP contribution in [0.3, 0.4) is 0 Å². The molecular formula is C18H19FN2O5S. The molecule has 0 saturated heterocycles. The van der Waals surface area contributed by atoms with E-state index in [0.29, 0.717) is 17.0 Å². The molecule has 7 nitrogen and oxygen atoms in total. The minimum absolute atomic E-state index is 0.0173. The predicted octanol–water partition coefficient (Wildman–Crippen LogP) is 3.20. The normalized spacial score (nSPS) is 16.7. The zero-order valence-corrected chi connectivity index (χ0v) is 15.9. The van der Waals surface area contributed by atoms with Gasteiger partial charge in [-0.1, -0.05) is 18.2 Å². The molecule has 0 bridgehead atoms. The highest BCUT2D eigenvalue weighted by Gasteiger charge is 2.40. The lowest BCUT2D eigenvalue weighted by Gasteiger charge is -2.28. The van der Waals surface area contributed by atoms with E-state index in [1.54, 1.807) is 19.9 Å². The van der Waals surface area contributed by atoms with Gasteiger partial charge in [-0.05, 0) is 32.1 Å². The summed E-state index contributed by atoms with van der Waals surface area (Å²) in [6.07, 6.45) is 0. The minimum atomic E-state index is -1.02. The van der Waals surface area contributed by atoms with E-state index in [1.807, 2.05) is 0 Å². The Labute approximate surface area is 161 Å².